The van der Waals surface area contributed by atoms with Gasteiger partial charge in [-0.05, 0) is 70.7 Å². The molecular formula is C23H24IN3O. The van der Waals surface area contributed by atoms with Gasteiger partial charge in [-0.2, -0.15) is 5.10 Å². The van der Waals surface area contributed by atoms with Crippen molar-refractivity contribution in [3.8, 4) is 0 Å². The van der Waals surface area contributed by atoms with Crippen LogP contribution >= 0.6 is 22.6 Å². The summed E-state index contributed by atoms with van der Waals surface area (Å²) in [6, 6.07) is 17.5. The van der Waals surface area contributed by atoms with Gasteiger partial charge in [0, 0.05) is 31.0 Å². The summed E-state index contributed by atoms with van der Waals surface area (Å²) in [5.74, 6) is 0.448. The van der Waals surface area contributed by atoms with Crippen LogP contribution in [0.15, 0.2) is 54.1 Å². The molecular weight excluding hydrogens is 461 g/mol. The quantitative estimate of drug-likeness (QED) is 0.525. The third-order valence-corrected chi connectivity index (χ3v) is 6.59. The summed E-state index contributed by atoms with van der Waals surface area (Å²) in [6.45, 7) is 2.78. The van der Waals surface area contributed by atoms with Crippen LogP contribution in [0, 0.1) is 3.70 Å². The second-order valence-electron chi connectivity index (χ2n) is 7.65. The van der Waals surface area contributed by atoms with Crippen LogP contribution in [-0.2, 0) is 4.74 Å². The molecule has 2 fully saturated rings. The molecule has 2 unspecified atom stereocenters. The fourth-order valence-corrected chi connectivity index (χ4v) is 5.03. The monoisotopic (exact) mass is 485 g/mol. The van der Waals surface area contributed by atoms with E-state index in [4.69, 9.17) is 9.84 Å². The lowest BCUT2D eigenvalue weighted by molar-refractivity contribution is -0.0368. The Kier molecular flexibility index (Phi) is 5.22. The lowest BCUT2D eigenvalue weighted by Gasteiger charge is -2.23. The first-order chi connectivity index (χ1) is 13.8. The van der Waals surface area contributed by atoms with Gasteiger partial charge >= 0.3 is 0 Å². The molecule has 3 heterocycles. The largest absolute Gasteiger partial charge is 0.356 e. The van der Waals surface area contributed by atoms with Crippen molar-refractivity contribution >= 4 is 39.6 Å². The van der Waals surface area contributed by atoms with Crippen LogP contribution in [0.5, 0.6) is 0 Å². The van der Waals surface area contributed by atoms with Gasteiger partial charge in [0.15, 0.2) is 6.23 Å². The average molecular weight is 485 g/mol. The number of benzene rings is 2. The normalized spacial score (nSPS) is 24.2. The Balaban J connectivity index is 1.51. The number of fused-ring (bicyclic) bond motifs is 1. The molecule has 5 heteroatoms. The molecule has 0 radical (unpaired) electrons. The summed E-state index contributed by atoms with van der Waals surface area (Å²) >= 11 is 2.33. The molecule has 144 valence electrons. The maximum Gasteiger partial charge on any atom is 0.150 e. The van der Waals surface area contributed by atoms with E-state index in [1.807, 2.05) is 0 Å². The molecule has 2 aliphatic rings. The number of nitrogens with zero attached hydrogens (tertiary/aromatic N) is 2. The molecule has 2 atom stereocenters. The second-order valence-corrected chi connectivity index (χ2v) is 8.67. The topological polar surface area (TPSA) is 39.1 Å². The summed E-state index contributed by atoms with van der Waals surface area (Å²) in [5.41, 5.74) is 5.24. The number of halogens is 1. The molecule has 0 aliphatic carbocycles. The maximum atomic E-state index is 6.01. The Morgan fingerprint density at radius 2 is 2.04 bits per heavy atom. The molecule has 2 saturated heterocycles. The highest BCUT2D eigenvalue weighted by atomic mass is 127. The van der Waals surface area contributed by atoms with Gasteiger partial charge < -0.3 is 10.1 Å². The molecule has 1 N–H and O–H groups in total. The van der Waals surface area contributed by atoms with Crippen LogP contribution in [0.4, 0.5) is 0 Å². The van der Waals surface area contributed by atoms with Crippen molar-refractivity contribution in [3.05, 3.63) is 68.9 Å². The third kappa shape index (κ3) is 3.51. The van der Waals surface area contributed by atoms with Gasteiger partial charge in [-0.25, -0.2) is 4.68 Å². The minimum Gasteiger partial charge on any atom is -0.356 e. The molecule has 3 aromatic rings. The molecule has 2 aromatic carbocycles. The Bertz CT molecular complexity index is 1010. The van der Waals surface area contributed by atoms with Crippen LogP contribution < -0.4 is 5.32 Å². The van der Waals surface area contributed by atoms with Gasteiger partial charge in [0.2, 0.25) is 0 Å². The fourth-order valence-electron chi connectivity index (χ4n) is 4.34. The second kappa shape index (κ2) is 7.97. The zero-order valence-electron chi connectivity index (χ0n) is 15.8. The first-order valence-electron chi connectivity index (χ1n) is 10.0. The molecule has 28 heavy (non-hydrogen) atoms. The van der Waals surface area contributed by atoms with Crippen LogP contribution in [0.2, 0.25) is 0 Å². The summed E-state index contributed by atoms with van der Waals surface area (Å²) < 4.78 is 9.15. The van der Waals surface area contributed by atoms with Gasteiger partial charge in [0.1, 0.15) is 3.70 Å². The number of nitrogens with one attached hydrogen (secondary N) is 1. The molecule has 1 aromatic heterocycles. The van der Waals surface area contributed by atoms with E-state index in [-0.39, 0.29) is 6.23 Å². The van der Waals surface area contributed by atoms with Crippen LogP contribution in [-0.4, -0.2) is 29.5 Å². The molecule has 4 nitrogen and oxygen atoms in total. The van der Waals surface area contributed by atoms with E-state index in [0.717, 1.165) is 36.2 Å². The van der Waals surface area contributed by atoms with Crippen molar-refractivity contribution in [2.24, 2.45) is 0 Å². The fraction of sp³-hybridized carbons (Fsp3) is 0.348. The van der Waals surface area contributed by atoms with Crippen molar-refractivity contribution in [3.63, 3.8) is 0 Å². The molecule has 0 amide bonds. The standard InChI is InChI=1S/C23H24IN3O/c24-23-19-10-9-16(13-21(19)27(26-23)22-8-4-5-11-28-22)12-18-14-25-15-20(18)17-6-2-1-3-7-17/h1-3,6-7,9-10,12-13,20,22,25H,4-5,8,11,14-15H2/b18-12-. The van der Waals surface area contributed by atoms with E-state index < -0.39 is 0 Å². The van der Waals surface area contributed by atoms with Crippen LogP contribution in [0.25, 0.3) is 17.0 Å². The zero-order valence-corrected chi connectivity index (χ0v) is 17.9. The first-order valence-corrected chi connectivity index (χ1v) is 11.1. The van der Waals surface area contributed by atoms with Gasteiger partial charge in [-0.3, -0.25) is 0 Å². The third-order valence-electron chi connectivity index (χ3n) is 5.79. The number of hydrogen-bond donors (Lipinski definition) is 1. The molecule has 0 spiro atoms. The summed E-state index contributed by atoms with van der Waals surface area (Å²) in [4.78, 5) is 0. The maximum absolute atomic E-state index is 6.01. The Labute approximate surface area is 179 Å². The van der Waals surface area contributed by atoms with Gasteiger partial charge in [-0.1, -0.05) is 42.5 Å². The van der Waals surface area contributed by atoms with Gasteiger partial charge in [0.25, 0.3) is 0 Å². The van der Waals surface area contributed by atoms with Crippen molar-refractivity contribution in [1.82, 2.24) is 15.1 Å². The molecule has 2 aliphatic heterocycles. The molecule has 0 saturated carbocycles. The smallest absolute Gasteiger partial charge is 0.150 e. The number of hydrogen-bond acceptors (Lipinski definition) is 3. The Morgan fingerprint density at radius 1 is 1.14 bits per heavy atom. The minimum atomic E-state index is 0.0629. The number of rotatable bonds is 3. The average Bonchev–Trinajstić information content (AvgIpc) is 3.34. The number of ether oxygens (including phenoxy) is 1. The zero-order chi connectivity index (χ0) is 18.9. The van der Waals surface area contributed by atoms with E-state index >= 15 is 0 Å². The van der Waals surface area contributed by atoms with E-state index in [1.54, 1.807) is 0 Å². The molecule has 5 rings (SSSR count). The highest BCUT2D eigenvalue weighted by Gasteiger charge is 2.23. The predicted molar refractivity (Wildman–Crippen MR) is 121 cm³/mol. The first kappa shape index (κ1) is 18.3. The van der Waals surface area contributed by atoms with E-state index in [2.05, 4.69) is 87.2 Å². The van der Waals surface area contributed by atoms with E-state index in [9.17, 15) is 0 Å². The Morgan fingerprint density at radius 3 is 2.86 bits per heavy atom. The van der Waals surface area contributed by atoms with E-state index in [0.29, 0.717) is 5.92 Å². The Hall–Kier alpha value is -1.70. The minimum absolute atomic E-state index is 0.0629. The van der Waals surface area contributed by atoms with Crippen LogP contribution in [0.1, 0.15) is 42.5 Å². The van der Waals surface area contributed by atoms with Crippen molar-refractivity contribution < 1.29 is 4.74 Å². The molecule has 0 bridgehead atoms. The van der Waals surface area contributed by atoms with Crippen molar-refractivity contribution in [2.45, 2.75) is 31.4 Å². The van der Waals surface area contributed by atoms with Gasteiger partial charge in [-0.15, -0.1) is 0 Å². The summed E-state index contributed by atoms with van der Waals surface area (Å²) in [5, 5.41) is 9.54. The highest BCUT2D eigenvalue weighted by Crippen LogP contribution is 2.32. The number of aromatic nitrogens is 2. The lowest BCUT2D eigenvalue weighted by atomic mass is 9.92. The lowest BCUT2D eigenvalue weighted by Crippen LogP contribution is -2.19. The van der Waals surface area contributed by atoms with Gasteiger partial charge in [0.05, 0.1) is 5.52 Å². The van der Waals surface area contributed by atoms with Crippen LogP contribution in [0.3, 0.4) is 0 Å². The van der Waals surface area contributed by atoms with Crippen molar-refractivity contribution in [2.75, 3.05) is 19.7 Å². The summed E-state index contributed by atoms with van der Waals surface area (Å²) in [6.07, 6.45) is 5.81. The van der Waals surface area contributed by atoms with E-state index in [1.165, 1.54) is 34.0 Å². The summed E-state index contributed by atoms with van der Waals surface area (Å²) in [7, 11) is 0. The predicted octanol–water partition coefficient (Wildman–Crippen LogP) is 5.11. The SMILES string of the molecule is Ic1nn(C2CCCCO2)c2cc(/C=C3/CNCC3c3ccccc3)ccc12. The van der Waals surface area contributed by atoms with Crippen molar-refractivity contribution in [1.29, 1.82) is 0 Å². The highest BCUT2D eigenvalue weighted by molar-refractivity contribution is 14.1.